The molecule has 0 aliphatic carbocycles. The van der Waals surface area contributed by atoms with Crippen molar-refractivity contribution in [1.29, 1.82) is 0 Å². The van der Waals surface area contributed by atoms with E-state index in [-0.39, 0.29) is 5.54 Å². The monoisotopic (exact) mass is 320 g/mol. The van der Waals surface area contributed by atoms with Crippen LogP contribution in [0.3, 0.4) is 0 Å². The highest BCUT2D eigenvalue weighted by atomic mass is 16.3. The maximum Gasteiger partial charge on any atom is 0.191 e. The molecule has 0 aromatic carbocycles. The van der Waals surface area contributed by atoms with E-state index in [0.29, 0.717) is 6.54 Å². The first-order valence-corrected chi connectivity index (χ1v) is 8.62. The summed E-state index contributed by atoms with van der Waals surface area (Å²) in [6.45, 7) is 13.2. The molecule has 1 aliphatic rings. The van der Waals surface area contributed by atoms with Crippen molar-refractivity contribution in [1.82, 2.24) is 15.5 Å². The second-order valence-corrected chi connectivity index (χ2v) is 7.52. The van der Waals surface area contributed by atoms with Gasteiger partial charge >= 0.3 is 0 Å². The maximum absolute atomic E-state index is 5.34. The van der Waals surface area contributed by atoms with Gasteiger partial charge in [-0.15, -0.1) is 0 Å². The fourth-order valence-corrected chi connectivity index (χ4v) is 3.37. The van der Waals surface area contributed by atoms with Crippen molar-refractivity contribution < 1.29 is 4.42 Å². The second kappa shape index (κ2) is 7.86. The standard InChI is InChI=1S/C18H32N4O/c1-14-9-15(2)12-22(11-14)18(3,4)13-21-17(19-5)20-10-16-7-6-8-23-16/h6-8,14-15H,9-13H2,1-5H3,(H2,19,20,21). The van der Waals surface area contributed by atoms with E-state index in [1.165, 1.54) is 19.5 Å². The van der Waals surface area contributed by atoms with Gasteiger partial charge in [0.25, 0.3) is 0 Å². The molecule has 0 radical (unpaired) electrons. The highest BCUT2D eigenvalue weighted by Gasteiger charge is 2.32. The molecule has 2 N–H and O–H groups in total. The van der Waals surface area contributed by atoms with E-state index in [1.807, 2.05) is 12.1 Å². The lowest BCUT2D eigenvalue weighted by molar-refractivity contribution is 0.0483. The van der Waals surface area contributed by atoms with Gasteiger partial charge in [0.1, 0.15) is 5.76 Å². The molecule has 0 saturated carbocycles. The Kier molecular flexibility index (Phi) is 6.10. The maximum atomic E-state index is 5.34. The average Bonchev–Trinajstić information content (AvgIpc) is 2.99. The smallest absolute Gasteiger partial charge is 0.191 e. The third-order valence-corrected chi connectivity index (χ3v) is 4.65. The summed E-state index contributed by atoms with van der Waals surface area (Å²) < 4.78 is 5.34. The number of likely N-dealkylation sites (tertiary alicyclic amines) is 1. The van der Waals surface area contributed by atoms with E-state index in [4.69, 9.17) is 4.42 Å². The normalized spacial score (nSPS) is 23.8. The van der Waals surface area contributed by atoms with Crippen LogP contribution in [-0.4, -0.2) is 43.1 Å². The summed E-state index contributed by atoms with van der Waals surface area (Å²) in [5.74, 6) is 3.27. The van der Waals surface area contributed by atoms with E-state index in [2.05, 4.69) is 48.2 Å². The molecule has 5 heteroatoms. The van der Waals surface area contributed by atoms with Crippen LogP contribution in [0, 0.1) is 11.8 Å². The number of rotatable bonds is 5. The summed E-state index contributed by atoms with van der Waals surface area (Å²) in [6.07, 6.45) is 3.03. The third-order valence-electron chi connectivity index (χ3n) is 4.65. The van der Waals surface area contributed by atoms with Crippen LogP contribution in [0.1, 0.15) is 39.9 Å². The molecule has 1 aromatic rings. The topological polar surface area (TPSA) is 52.8 Å². The molecule has 2 rings (SSSR count). The minimum Gasteiger partial charge on any atom is -0.467 e. The largest absolute Gasteiger partial charge is 0.467 e. The van der Waals surface area contributed by atoms with Crippen LogP contribution in [0.4, 0.5) is 0 Å². The molecule has 1 saturated heterocycles. The van der Waals surface area contributed by atoms with Gasteiger partial charge in [-0.25, -0.2) is 0 Å². The number of hydrogen-bond acceptors (Lipinski definition) is 3. The quantitative estimate of drug-likeness (QED) is 0.647. The van der Waals surface area contributed by atoms with Crippen molar-refractivity contribution in [2.45, 2.75) is 46.2 Å². The molecule has 1 aromatic heterocycles. The molecule has 2 atom stereocenters. The highest BCUT2D eigenvalue weighted by molar-refractivity contribution is 5.79. The van der Waals surface area contributed by atoms with Gasteiger partial charge in [-0.1, -0.05) is 13.8 Å². The first-order chi connectivity index (χ1) is 10.9. The molecule has 5 nitrogen and oxygen atoms in total. The van der Waals surface area contributed by atoms with Crippen LogP contribution in [0.2, 0.25) is 0 Å². The van der Waals surface area contributed by atoms with Crippen molar-refractivity contribution in [3.8, 4) is 0 Å². The molecule has 130 valence electrons. The lowest BCUT2D eigenvalue weighted by Gasteiger charge is -2.45. The molecule has 0 amide bonds. The van der Waals surface area contributed by atoms with Gasteiger partial charge in [0, 0.05) is 32.2 Å². The Balaban J connectivity index is 1.84. The summed E-state index contributed by atoms with van der Waals surface area (Å²) in [6, 6.07) is 3.86. The van der Waals surface area contributed by atoms with E-state index in [1.54, 1.807) is 13.3 Å². The van der Waals surface area contributed by atoms with Crippen molar-refractivity contribution in [2.75, 3.05) is 26.7 Å². The third kappa shape index (κ3) is 5.27. The Morgan fingerprint density at radius 1 is 1.30 bits per heavy atom. The van der Waals surface area contributed by atoms with Crippen molar-refractivity contribution >= 4 is 5.96 Å². The lowest BCUT2D eigenvalue weighted by Crippen LogP contribution is -2.57. The summed E-state index contributed by atoms with van der Waals surface area (Å²) >= 11 is 0. The molecule has 0 bridgehead atoms. The predicted molar refractivity (Wildman–Crippen MR) is 95.5 cm³/mol. The van der Waals surface area contributed by atoms with Gasteiger partial charge < -0.3 is 15.1 Å². The van der Waals surface area contributed by atoms with Gasteiger partial charge in [0.2, 0.25) is 0 Å². The molecule has 2 heterocycles. The second-order valence-electron chi connectivity index (χ2n) is 7.52. The summed E-state index contributed by atoms with van der Waals surface area (Å²) in [4.78, 5) is 6.91. The van der Waals surface area contributed by atoms with Gasteiger partial charge in [-0.05, 0) is 44.2 Å². The zero-order chi connectivity index (χ0) is 16.9. The fourth-order valence-electron chi connectivity index (χ4n) is 3.37. The Hall–Kier alpha value is -1.49. The lowest BCUT2D eigenvalue weighted by atomic mass is 9.88. The molecule has 2 unspecified atom stereocenters. The van der Waals surface area contributed by atoms with Gasteiger partial charge in [-0.3, -0.25) is 9.89 Å². The Bertz CT molecular complexity index is 485. The summed E-state index contributed by atoms with van der Waals surface area (Å²) in [5.41, 5.74) is 0.102. The average molecular weight is 320 g/mol. The van der Waals surface area contributed by atoms with Crippen molar-refractivity contribution in [3.05, 3.63) is 24.2 Å². The predicted octanol–water partition coefficient (Wildman–Crippen LogP) is 2.70. The first kappa shape index (κ1) is 17.9. The minimum atomic E-state index is 0.102. The number of piperidine rings is 1. The van der Waals surface area contributed by atoms with E-state index in [0.717, 1.165) is 30.1 Å². The summed E-state index contributed by atoms with van der Waals surface area (Å²) in [5, 5.41) is 6.75. The Morgan fingerprint density at radius 3 is 2.57 bits per heavy atom. The number of guanidine groups is 1. The van der Waals surface area contributed by atoms with E-state index < -0.39 is 0 Å². The van der Waals surface area contributed by atoms with Crippen LogP contribution in [-0.2, 0) is 6.54 Å². The number of nitrogens with zero attached hydrogens (tertiary/aromatic N) is 2. The SMILES string of the molecule is CN=C(NCc1ccco1)NCC(C)(C)N1CC(C)CC(C)C1. The molecule has 23 heavy (non-hydrogen) atoms. The molecule has 0 spiro atoms. The van der Waals surface area contributed by atoms with Crippen molar-refractivity contribution in [3.63, 3.8) is 0 Å². The Labute approximate surface area is 140 Å². The van der Waals surface area contributed by atoms with Crippen LogP contribution in [0.25, 0.3) is 0 Å². The van der Waals surface area contributed by atoms with Crippen molar-refractivity contribution in [2.24, 2.45) is 16.8 Å². The zero-order valence-corrected chi connectivity index (χ0v) is 15.2. The fraction of sp³-hybridized carbons (Fsp3) is 0.722. The molecule has 1 fully saturated rings. The highest BCUT2D eigenvalue weighted by Crippen LogP contribution is 2.26. The molecule has 1 aliphatic heterocycles. The zero-order valence-electron chi connectivity index (χ0n) is 15.2. The number of furan rings is 1. The number of nitrogens with one attached hydrogen (secondary N) is 2. The van der Waals surface area contributed by atoms with Gasteiger partial charge in [-0.2, -0.15) is 0 Å². The van der Waals surface area contributed by atoms with E-state index >= 15 is 0 Å². The molecular weight excluding hydrogens is 288 g/mol. The van der Waals surface area contributed by atoms with Crippen LogP contribution in [0.5, 0.6) is 0 Å². The van der Waals surface area contributed by atoms with Gasteiger partial charge in [0.15, 0.2) is 5.96 Å². The van der Waals surface area contributed by atoms with Crippen LogP contribution in [0.15, 0.2) is 27.8 Å². The van der Waals surface area contributed by atoms with Crippen LogP contribution < -0.4 is 10.6 Å². The molecular formula is C18H32N4O. The van der Waals surface area contributed by atoms with Crippen LogP contribution >= 0.6 is 0 Å². The number of aliphatic imine (C=N–C) groups is 1. The number of hydrogen-bond donors (Lipinski definition) is 2. The Morgan fingerprint density at radius 2 is 2.00 bits per heavy atom. The summed E-state index contributed by atoms with van der Waals surface area (Å²) in [7, 11) is 1.80. The van der Waals surface area contributed by atoms with E-state index in [9.17, 15) is 0 Å². The minimum absolute atomic E-state index is 0.102. The first-order valence-electron chi connectivity index (χ1n) is 8.62. The van der Waals surface area contributed by atoms with Gasteiger partial charge in [0.05, 0.1) is 12.8 Å².